The Morgan fingerprint density at radius 2 is 0.487 bits per heavy atom. The molecule has 6 nitrogen and oxygen atoms in total. The molecule has 6 heteroatoms. The molecule has 0 radical (unpaired) electrons. The predicted octanol–water partition coefficient (Wildman–Crippen LogP) is 24.1. The van der Waals surface area contributed by atoms with Crippen molar-refractivity contribution < 1.29 is 28.6 Å². The van der Waals surface area contributed by atoms with Gasteiger partial charge in [-0.3, -0.25) is 14.4 Å². The van der Waals surface area contributed by atoms with E-state index in [1.807, 2.05) is 0 Å². The number of hydrogen-bond donors (Lipinski definition) is 0. The van der Waals surface area contributed by atoms with Crippen molar-refractivity contribution in [2.75, 3.05) is 13.2 Å². The topological polar surface area (TPSA) is 78.9 Å². The van der Waals surface area contributed by atoms with Crippen LogP contribution >= 0.6 is 0 Å². The molecule has 0 saturated heterocycles. The summed E-state index contributed by atoms with van der Waals surface area (Å²) in [6.07, 6.45) is 89.3. The largest absolute Gasteiger partial charge is 0.462 e. The lowest BCUT2D eigenvalue weighted by Gasteiger charge is -2.18. The first-order valence-corrected chi connectivity index (χ1v) is 34.9. The van der Waals surface area contributed by atoms with E-state index in [9.17, 15) is 14.4 Å². The molecule has 0 aromatic heterocycles. The minimum Gasteiger partial charge on any atom is -0.462 e. The minimum absolute atomic E-state index is 0.0793. The van der Waals surface area contributed by atoms with E-state index in [2.05, 4.69) is 93.7 Å². The van der Waals surface area contributed by atoms with Crippen molar-refractivity contribution in [2.45, 2.75) is 367 Å². The number of unbranched alkanes of at least 4 members (excludes halogenated alkanes) is 41. The molecule has 0 heterocycles. The molecule has 0 aliphatic carbocycles. The van der Waals surface area contributed by atoms with Gasteiger partial charge >= 0.3 is 17.9 Å². The van der Waals surface area contributed by atoms with Crippen LogP contribution in [0.4, 0.5) is 0 Å². The van der Waals surface area contributed by atoms with Gasteiger partial charge in [0.25, 0.3) is 0 Å². The number of allylic oxidation sites excluding steroid dienone is 12. The Hall–Kier alpha value is -3.15. The second kappa shape index (κ2) is 68.3. The van der Waals surface area contributed by atoms with Gasteiger partial charge in [0.1, 0.15) is 13.2 Å². The quantitative estimate of drug-likeness (QED) is 0.0261. The Kier molecular flexibility index (Phi) is 65.7. The lowest BCUT2D eigenvalue weighted by Crippen LogP contribution is -2.30. The van der Waals surface area contributed by atoms with Gasteiger partial charge in [-0.2, -0.15) is 0 Å². The minimum atomic E-state index is -0.785. The van der Waals surface area contributed by atoms with E-state index < -0.39 is 6.10 Å². The molecule has 0 aromatic rings. The Morgan fingerprint density at radius 1 is 0.263 bits per heavy atom. The molecule has 464 valence electrons. The SMILES string of the molecule is CC/C=C\C/C=C\C/C=C\C/C=C\C/C=C\CCCCCCCCCC(=O)OC(COC(=O)CCCCCCC/C=C\CCCCC)COC(=O)CCCCCCCCCCCCCCCCCCCCCCCCCCCCC. The van der Waals surface area contributed by atoms with E-state index in [4.69, 9.17) is 14.2 Å². The average Bonchev–Trinajstić information content (AvgIpc) is 3.46. The molecule has 80 heavy (non-hydrogen) atoms. The fraction of sp³-hybridized carbons (Fsp3) is 0.797. The zero-order valence-electron chi connectivity index (χ0n) is 53.3. The second-order valence-corrected chi connectivity index (χ2v) is 23.4. The molecule has 0 amide bonds. The van der Waals surface area contributed by atoms with E-state index in [-0.39, 0.29) is 31.1 Å². The summed E-state index contributed by atoms with van der Waals surface area (Å²) in [5.41, 5.74) is 0. The lowest BCUT2D eigenvalue weighted by atomic mass is 10.0. The Labute approximate surface area is 497 Å². The van der Waals surface area contributed by atoms with Crippen molar-refractivity contribution in [1.82, 2.24) is 0 Å². The average molecular weight is 1120 g/mol. The highest BCUT2D eigenvalue weighted by atomic mass is 16.6. The van der Waals surface area contributed by atoms with Gasteiger partial charge in [-0.1, -0.05) is 325 Å². The molecular weight excluding hydrogens is 985 g/mol. The molecule has 0 N–H and O–H groups in total. The summed E-state index contributed by atoms with van der Waals surface area (Å²) in [6.45, 7) is 6.54. The third kappa shape index (κ3) is 65.7. The van der Waals surface area contributed by atoms with E-state index in [0.717, 1.165) is 103 Å². The zero-order chi connectivity index (χ0) is 57.8. The van der Waals surface area contributed by atoms with Crippen LogP contribution in [0.2, 0.25) is 0 Å². The van der Waals surface area contributed by atoms with Crippen molar-refractivity contribution in [3.05, 3.63) is 72.9 Å². The smallest absolute Gasteiger partial charge is 0.306 e. The van der Waals surface area contributed by atoms with E-state index >= 15 is 0 Å². The van der Waals surface area contributed by atoms with Crippen LogP contribution in [0.25, 0.3) is 0 Å². The highest BCUT2D eigenvalue weighted by Crippen LogP contribution is 2.18. The van der Waals surface area contributed by atoms with Crippen LogP contribution in [0.1, 0.15) is 361 Å². The van der Waals surface area contributed by atoms with E-state index in [1.54, 1.807) is 0 Å². The van der Waals surface area contributed by atoms with Gasteiger partial charge in [-0.15, -0.1) is 0 Å². The molecule has 0 saturated carbocycles. The number of rotatable bonds is 64. The zero-order valence-corrected chi connectivity index (χ0v) is 53.3. The number of carbonyl (C=O) groups is 3. The van der Waals surface area contributed by atoms with Crippen molar-refractivity contribution in [1.29, 1.82) is 0 Å². The predicted molar refractivity (Wildman–Crippen MR) is 348 cm³/mol. The summed E-state index contributed by atoms with van der Waals surface area (Å²) in [7, 11) is 0. The van der Waals surface area contributed by atoms with E-state index in [1.165, 1.54) is 218 Å². The summed E-state index contributed by atoms with van der Waals surface area (Å²) in [4.78, 5) is 38.4. The van der Waals surface area contributed by atoms with Gasteiger partial charge < -0.3 is 14.2 Å². The third-order valence-corrected chi connectivity index (χ3v) is 15.4. The van der Waals surface area contributed by atoms with Crippen LogP contribution in [0.5, 0.6) is 0 Å². The summed E-state index contributed by atoms with van der Waals surface area (Å²) in [5, 5.41) is 0. The maximum Gasteiger partial charge on any atom is 0.306 e. The maximum absolute atomic E-state index is 12.9. The van der Waals surface area contributed by atoms with Crippen LogP contribution in [-0.4, -0.2) is 37.2 Å². The van der Waals surface area contributed by atoms with Gasteiger partial charge in [-0.05, 0) is 89.9 Å². The van der Waals surface area contributed by atoms with E-state index in [0.29, 0.717) is 19.3 Å². The van der Waals surface area contributed by atoms with Crippen LogP contribution < -0.4 is 0 Å². The normalized spacial score (nSPS) is 12.5. The first-order valence-electron chi connectivity index (χ1n) is 34.9. The summed E-state index contributed by atoms with van der Waals surface area (Å²) in [6, 6.07) is 0. The highest BCUT2D eigenvalue weighted by Gasteiger charge is 2.19. The molecule has 0 bridgehead atoms. The van der Waals surface area contributed by atoms with Crippen LogP contribution in [0.3, 0.4) is 0 Å². The fourth-order valence-corrected chi connectivity index (χ4v) is 10.2. The standard InChI is InChI=1S/C74H132O6/c1-4-7-10-13-16-19-22-25-27-29-31-33-35-36-37-38-40-41-43-45-47-49-52-55-58-61-64-67-73(76)79-70-71(69-78-72(75)66-63-60-57-54-51-24-21-18-15-12-9-6-3)80-74(77)68-65-62-59-56-53-50-48-46-44-42-39-34-32-30-28-26-23-20-17-14-11-8-5-2/h8,11,17-18,20-21,26,28,32,34,42,44,71H,4-7,9-10,12-16,19,22-25,27,29-31,33,35-41,43,45-70H2,1-3H3/b11-8-,20-17-,21-18-,28-26-,34-32-,44-42-. The van der Waals surface area contributed by atoms with Crippen molar-refractivity contribution in [3.8, 4) is 0 Å². The molecule has 0 spiro atoms. The molecule has 0 aliphatic heterocycles. The number of esters is 3. The van der Waals surface area contributed by atoms with Gasteiger partial charge in [0.05, 0.1) is 0 Å². The number of ether oxygens (including phenoxy) is 3. The molecule has 1 unspecified atom stereocenters. The molecular formula is C74H132O6. The monoisotopic (exact) mass is 1120 g/mol. The van der Waals surface area contributed by atoms with Crippen molar-refractivity contribution in [3.63, 3.8) is 0 Å². The fourth-order valence-electron chi connectivity index (χ4n) is 10.2. The van der Waals surface area contributed by atoms with Gasteiger partial charge in [0.2, 0.25) is 0 Å². The first kappa shape index (κ1) is 76.9. The molecule has 0 aromatic carbocycles. The number of carbonyl (C=O) groups excluding carboxylic acids is 3. The molecule has 0 rings (SSSR count). The molecule has 1 atom stereocenters. The first-order chi connectivity index (χ1) is 39.5. The molecule has 0 aliphatic rings. The summed E-state index contributed by atoms with van der Waals surface area (Å²) in [5.74, 6) is -0.881. The summed E-state index contributed by atoms with van der Waals surface area (Å²) >= 11 is 0. The second-order valence-electron chi connectivity index (χ2n) is 23.4. The van der Waals surface area contributed by atoms with Crippen LogP contribution in [-0.2, 0) is 28.6 Å². The Morgan fingerprint density at radius 3 is 0.800 bits per heavy atom. The van der Waals surface area contributed by atoms with Crippen LogP contribution in [0, 0.1) is 0 Å². The highest BCUT2D eigenvalue weighted by molar-refractivity contribution is 5.71. The van der Waals surface area contributed by atoms with Crippen molar-refractivity contribution in [2.24, 2.45) is 0 Å². The van der Waals surface area contributed by atoms with Crippen LogP contribution in [0.15, 0.2) is 72.9 Å². The van der Waals surface area contributed by atoms with Gasteiger partial charge in [0.15, 0.2) is 6.10 Å². The van der Waals surface area contributed by atoms with Crippen molar-refractivity contribution >= 4 is 17.9 Å². The Bertz CT molecular complexity index is 1470. The van der Waals surface area contributed by atoms with Gasteiger partial charge in [0, 0.05) is 19.3 Å². The summed E-state index contributed by atoms with van der Waals surface area (Å²) < 4.78 is 17.0. The Balaban J connectivity index is 4.24. The lowest BCUT2D eigenvalue weighted by molar-refractivity contribution is -0.167. The molecule has 0 fully saturated rings. The number of hydrogen-bond acceptors (Lipinski definition) is 6. The maximum atomic E-state index is 12.9. The van der Waals surface area contributed by atoms with Gasteiger partial charge in [-0.25, -0.2) is 0 Å². The third-order valence-electron chi connectivity index (χ3n) is 15.4.